The summed E-state index contributed by atoms with van der Waals surface area (Å²) in [6.07, 6.45) is 4.08. The van der Waals surface area contributed by atoms with Gasteiger partial charge in [-0.25, -0.2) is 9.97 Å². The second-order valence-corrected chi connectivity index (χ2v) is 8.75. The number of rotatable bonds is 3. The molecule has 0 unspecified atom stereocenters. The molecule has 0 bridgehead atoms. The lowest BCUT2D eigenvalue weighted by molar-refractivity contribution is 0.649. The number of nitrogens with two attached hydrogens (primary N) is 2. The number of hydrogen-bond donors (Lipinski definition) is 4. The molecule has 0 saturated heterocycles. The second-order valence-electron chi connectivity index (χ2n) is 8.75. The average molecular weight is 570 g/mol. The zero-order valence-electron chi connectivity index (χ0n) is 23.7. The van der Waals surface area contributed by atoms with E-state index in [9.17, 15) is 28.8 Å². The van der Waals surface area contributed by atoms with Crippen molar-refractivity contribution < 1.29 is 0 Å². The van der Waals surface area contributed by atoms with E-state index in [1.165, 1.54) is 7.05 Å². The summed E-state index contributed by atoms with van der Waals surface area (Å²) >= 11 is 0. The van der Waals surface area contributed by atoms with Crippen molar-refractivity contribution in [1.29, 1.82) is 5.41 Å². The molecule has 41 heavy (non-hydrogen) atoms. The van der Waals surface area contributed by atoms with Gasteiger partial charge in [-0.1, -0.05) is 7.43 Å². The smallest absolute Gasteiger partial charge is 0.229 e. The highest BCUT2D eigenvalue weighted by Crippen LogP contribution is 2.02. The third kappa shape index (κ3) is 8.02. The molecule has 0 aliphatic rings. The molecule has 0 fully saturated rings. The van der Waals surface area contributed by atoms with Crippen LogP contribution >= 0.6 is 0 Å². The monoisotopic (exact) mass is 569 g/mol. The Bertz CT molecular complexity index is 1640. The third-order valence-corrected chi connectivity index (χ3v) is 6.41. The molecule has 0 amide bonds. The number of nitrogens with one attached hydrogen (secondary N) is 2. The number of nitrogens with zero attached hydrogens (tertiary/aromatic N) is 3. The number of aryl methyl sites for hydroxylation is 1. The van der Waals surface area contributed by atoms with E-state index in [1.54, 1.807) is 54.2 Å². The van der Waals surface area contributed by atoms with Crippen molar-refractivity contribution in [1.82, 2.24) is 19.5 Å². The van der Waals surface area contributed by atoms with E-state index >= 15 is 0 Å². The van der Waals surface area contributed by atoms with Gasteiger partial charge in [0.2, 0.25) is 32.6 Å². The van der Waals surface area contributed by atoms with E-state index in [-0.39, 0.29) is 45.5 Å². The fourth-order valence-electron chi connectivity index (χ4n) is 3.21. The summed E-state index contributed by atoms with van der Waals surface area (Å²) in [5, 5.41) is 7.53. The van der Waals surface area contributed by atoms with Crippen LogP contribution in [0.5, 0.6) is 0 Å². The summed E-state index contributed by atoms with van der Waals surface area (Å²) in [5.74, 6) is 0. The van der Waals surface area contributed by atoms with Crippen LogP contribution in [0.3, 0.4) is 0 Å². The van der Waals surface area contributed by atoms with Crippen molar-refractivity contribution in [2.75, 3.05) is 13.6 Å². The maximum Gasteiger partial charge on any atom is 0.229 e. The first-order valence-corrected chi connectivity index (χ1v) is 12.3. The predicted octanol–water partition coefficient (Wildman–Crippen LogP) is -0.503. The maximum atomic E-state index is 10.4. The van der Waals surface area contributed by atoms with Gasteiger partial charge in [0.15, 0.2) is 11.1 Å². The van der Waals surface area contributed by atoms with Gasteiger partial charge in [-0.2, -0.15) is 0 Å². The fourth-order valence-corrected chi connectivity index (χ4v) is 3.21. The molecule has 222 valence electrons. The molecule has 0 saturated carbocycles. The molecule has 6 N–H and O–H groups in total. The maximum absolute atomic E-state index is 10.4. The average Bonchev–Trinajstić information content (AvgIpc) is 3.51. The lowest BCUT2D eigenvalue weighted by Gasteiger charge is -2.04. The van der Waals surface area contributed by atoms with E-state index in [2.05, 4.69) is 20.7 Å². The Morgan fingerprint density at radius 2 is 1.05 bits per heavy atom. The molecule has 3 aromatic carbocycles. The molecule has 13 heteroatoms. The molecule has 5 rings (SSSR count). The normalized spacial score (nSPS) is 9.88. The van der Waals surface area contributed by atoms with Gasteiger partial charge in [0.1, 0.15) is 5.52 Å². The molecule has 0 spiro atoms. The van der Waals surface area contributed by atoms with Gasteiger partial charge in [-0.3, -0.25) is 34.2 Å². The highest BCUT2D eigenvalue weighted by atomic mass is 16.2. The van der Waals surface area contributed by atoms with Crippen LogP contribution in [0.1, 0.15) is 47.2 Å². The summed E-state index contributed by atoms with van der Waals surface area (Å²) in [7, 11) is 1.50. The van der Waals surface area contributed by atoms with E-state index < -0.39 is 0 Å². The number of fused-ring (bicyclic) bond motifs is 1. The lowest BCUT2D eigenvalue weighted by Crippen LogP contribution is -2.36. The minimum absolute atomic E-state index is 0. The van der Waals surface area contributed by atoms with Crippen LogP contribution in [-0.4, -0.2) is 33.1 Å². The van der Waals surface area contributed by atoms with Crippen LogP contribution in [0, 0.1) is 47.0 Å². The third-order valence-electron chi connectivity index (χ3n) is 6.41. The summed E-state index contributed by atoms with van der Waals surface area (Å²) in [6.45, 7) is 11.4. The Morgan fingerprint density at radius 1 is 0.707 bits per heavy atom. The van der Waals surface area contributed by atoms with Gasteiger partial charge in [-0.05, 0) is 61.6 Å². The summed E-state index contributed by atoms with van der Waals surface area (Å²) < 4.78 is 1.90. The first-order valence-electron chi connectivity index (χ1n) is 12.3. The Hall–Kier alpha value is -4.49. The number of imidazole rings is 1. The predicted molar refractivity (Wildman–Crippen MR) is 161 cm³/mol. The highest BCUT2D eigenvalue weighted by Gasteiger charge is 2.11. The van der Waals surface area contributed by atoms with Gasteiger partial charge >= 0.3 is 0 Å². The first kappa shape index (κ1) is 36.5. The molecule has 0 aliphatic heterocycles. The molecule has 2 aromatic heterocycles. The molecule has 2 heterocycles. The van der Waals surface area contributed by atoms with E-state index in [0.717, 1.165) is 18.6 Å². The van der Waals surface area contributed by atoms with Crippen molar-refractivity contribution >= 4 is 11.2 Å². The summed E-state index contributed by atoms with van der Waals surface area (Å²) in [5.41, 5.74) is 13.4. The zero-order valence-corrected chi connectivity index (χ0v) is 23.7. The largest absolute Gasteiger partial charge is 0.340 e. The van der Waals surface area contributed by atoms with Crippen LogP contribution in [0.15, 0.2) is 41.4 Å². The standard InChI is InChI=1S/C8H12N6.3C6H6O2.CH5N.CH4/c9-2-1-3-14-5-13-7(10)6-8(14)12-4-11-6;3*1-3-4(2)6(8)5(3)7;1-2;/h4-5,10H,1-3,9H2,(H,11,12);3*1-2H3;2H2,1H3;1H4. The van der Waals surface area contributed by atoms with Gasteiger partial charge in [0, 0.05) is 39.9 Å². The number of aromatic nitrogens is 4. The van der Waals surface area contributed by atoms with Crippen molar-refractivity contribution in [3.05, 3.63) is 113 Å². The van der Waals surface area contributed by atoms with Crippen molar-refractivity contribution in [3.8, 4) is 0 Å². The van der Waals surface area contributed by atoms with Crippen LogP contribution < -0.4 is 49.5 Å². The topological polar surface area (TPSA) is 225 Å². The van der Waals surface area contributed by atoms with Gasteiger partial charge in [0.25, 0.3) is 0 Å². The van der Waals surface area contributed by atoms with E-state index in [4.69, 9.17) is 11.1 Å². The quantitative estimate of drug-likeness (QED) is 0.204. The van der Waals surface area contributed by atoms with Crippen LogP contribution in [0.4, 0.5) is 0 Å². The van der Waals surface area contributed by atoms with Crippen LogP contribution in [0.25, 0.3) is 11.2 Å². The lowest BCUT2D eigenvalue weighted by atomic mass is 10.1. The minimum atomic E-state index is -0.317. The Balaban J connectivity index is 0.000000523. The molecular weight excluding hydrogens is 530 g/mol. The Morgan fingerprint density at radius 3 is 1.34 bits per heavy atom. The van der Waals surface area contributed by atoms with Crippen molar-refractivity contribution in [2.45, 2.75) is 61.9 Å². The van der Waals surface area contributed by atoms with Crippen molar-refractivity contribution in [2.24, 2.45) is 11.5 Å². The molecule has 5 aromatic rings. The molecule has 0 aliphatic carbocycles. The molecular formula is C28H39N7O6. The number of hydrogen-bond acceptors (Lipinski definition) is 11. The van der Waals surface area contributed by atoms with Crippen LogP contribution in [0.2, 0.25) is 0 Å². The SMILES string of the molecule is C.CN.Cc1c(C)c(=O)c1=O.Cc1c(C)c(=O)c1=O.Cc1c(C)c(=O)c1=O.N=c1ncn(CCCN)c2nc[nH]c12. The van der Waals surface area contributed by atoms with E-state index in [0.29, 0.717) is 45.4 Å². The first-order chi connectivity index (χ1) is 18.8. The fraction of sp³-hybridized carbons (Fsp3) is 0.393. The second kappa shape index (κ2) is 15.9. The highest BCUT2D eigenvalue weighted by molar-refractivity contribution is 5.68. The Kier molecular flexibility index (Phi) is 14.2. The van der Waals surface area contributed by atoms with Crippen molar-refractivity contribution in [3.63, 3.8) is 0 Å². The zero-order chi connectivity index (χ0) is 30.9. The van der Waals surface area contributed by atoms with Gasteiger partial charge in [-0.15, -0.1) is 0 Å². The molecule has 0 atom stereocenters. The number of aromatic amines is 1. The van der Waals surface area contributed by atoms with Gasteiger partial charge in [0.05, 0.1) is 12.7 Å². The number of H-pyrrole nitrogens is 1. The Labute approximate surface area is 236 Å². The summed E-state index contributed by atoms with van der Waals surface area (Å²) in [6, 6.07) is 0. The van der Waals surface area contributed by atoms with Gasteiger partial charge < -0.3 is 21.0 Å². The molecule has 0 radical (unpaired) electrons. The minimum Gasteiger partial charge on any atom is -0.340 e. The molecule has 13 nitrogen and oxygen atoms in total. The van der Waals surface area contributed by atoms with E-state index in [1.807, 2.05) is 4.57 Å². The summed E-state index contributed by atoms with van der Waals surface area (Å²) in [4.78, 5) is 73.2. The van der Waals surface area contributed by atoms with Crippen LogP contribution in [-0.2, 0) is 6.54 Å².